The summed E-state index contributed by atoms with van der Waals surface area (Å²) in [5.41, 5.74) is 3.51. The van der Waals surface area contributed by atoms with E-state index < -0.39 is 0 Å². The molecule has 0 saturated carbocycles. The van der Waals surface area contributed by atoms with Crippen molar-refractivity contribution in [1.82, 2.24) is 14.9 Å². The fourth-order valence-corrected chi connectivity index (χ4v) is 3.91. The number of rotatable bonds is 12. The van der Waals surface area contributed by atoms with Gasteiger partial charge in [0, 0.05) is 26.4 Å². The average Bonchev–Trinajstić information content (AvgIpc) is 3.11. The first-order valence-corrected chi connectivity index (χ1v) is 11.5. The molecule has 0 aliphatic heterocycles. The number of nitrogens with one attached hydrogen (secondary N) is 1. The number of para-hydroxylation sites is 3. The van der Waals surface area contributed by atoms with Crippen molar-refractivity contribution in [2.45, 2.75) is 65.3 Å². The van der Waals surface area contributed by atoms with E-state index in [4.69, 9.17) is 9.72 Å². The second kappa shape index (κ2) is 11.5. The molecule has 1 amide bonds. The third-order valence-electron chi connectivity index (χ3n) is 5.51. The van der Waals surface area contributed by atoms with Crippen LogP contribution in [0.3, 0.4) is 0 Å². The van der Waals surface area contributed by atoms with Crippen LogP contribution in [-0.2, 0) is 17.8 Å². The zero-order chi connectivity index (χ0) is 22.1. The zero-order valence-electron chi connectivity index (χ0n) is 19.1. The molecule has 1 N–H and O–H groups in total. The van der Waals surface area contributed by atoms with E-state index in [2.05, 4.69) is 60.1 Å². The van der Waals surface area contributed by atoms with Gasteiger partial charge in [-0.2, -0.15) is 0 Å². The quantitative estimate of drug-likeness (QED) is 0.394. The normalized spacial score (nSPS) is 11.2. The molecule has 1 heterocycles. The number of hydrogen-bond donors (Lipinski definition) is 1. The summed E-state index contributed by atoms with van der Waals surface area (Å²) < 4.78 is 8.47. The minimum atomic E-state index is 0.0417. The Morgan fingerprint density at radius 1 is 1.03 bits per heavy atom. The van der Waals surface area contributed by atoms with E-state index >= 15 is 0 Å². The van der Waals surface area contributed by atoms with Gasteiger partial charge < -0.3 is 14.6 Å². The number of amides is 1. The maximum Gasteiger partial charge on any atom is 0.216 e. The van der Waals surface area contributed by atoms with E-state index in [0.29, 0.717) is 12.5 Å². The van der Waals surface area contributed by atoms with Crippen molar-refractivity contribution >= 4 is 16.9 Å². The Morgan fingerprint density at radius 2 is 1.81 bits per heavy atom. The van der Waals surface area contributed by atoms with Gasteiger partial charge in [0.15, 0.2) is 0 Å². The topological polar surface area (TPSA) is 56.2 Å². The lowest BCUT2D eigenvalue weighted by molar-refractivity contribution is -0.118. The number of imidazole rings is 1. The molecule has 0 bridgehead atoms. The molecule has 31 heavy (non-hydrogen) atoms. The Morgan fingerprint density at radius 3 is 2.61 bits per heavy atom. The number of unbranched alkanes of at least 4 members (excludes halogenated alkanes) is 2. The van der Waals surface area contributed by atoms with Crippen LogP contribution >= 0.6 is 0 Å². The Bertz CT molecular complexity index is 978. The van der Waals surface area contributed by atoms with Crippen molar-refractivity contribution in [1.29, 1.82) is 0 Å². The van der Waals surface area contributed by atoms with Crippen molar-refractivity contribution in [3.63, 3.8) is 0 Å². The Kier molecular flexibility index (Phi) is 8.51. The van der Waals surface area contributed by atoms with Crippen molar-refractivity contribution in [3.05, 3.63) is 59.9 Å². The lowest BCUT2D eigenvalue weighted by Crippen LogP contribution is -2.20. The van der Waals surface area contributed by atoms with Crippen LogP contribution in [0.4, 0.5) is 0 Å². The maximum absolute atomic E-state index is 11.0. The first-order chi connectivity index (χ1) is 15.1. The molecule has 0 atom stereocenters. The summed E-state index contributed by atoms with van der Waals surface area (Å²) in [5.74, 6) is 2.63. The third kappa shape index (κ3) is 6.58. The minimum absolute atomic E-state index is 0.0417. The predicted octanol–water partition coefficient (Wildman–Crippen LogP) is 5.48. The highest BCUT2D eigenvalue weighted by molar-refractivity contribution is 5.75. The van der Waals surface area contributed by atoms with Crippen LogP contribution in [0, 0.1) is 0 Å². The largest absolute Gasteiger partial charge is 0.493 e. The van der Waals surface area contributed by atoms with Gasteiger partial charge in [-0.15, -0.1) is 0 Å². The van der Waals surface area contributed by atoms with Crippen LogP contribution in [0.15, 0.2) is 48.5 Å². The average molecular weight is 422 g/mol. The third-order valence-corrected chi connectivity index (χ3v) is 5.51. The molecule has 0 fully saturated rings. The summed E-state index contributed by atoms with van der Waals surface area (Å²) in [6.45, 7) is 8.29. The summed E-state index contributed by atoms with van der Waals surface area (Å²) >= 11 is 0. The second-order valence-electron chi connectivity index (χ2n) is 8.36. The molecular formula is C26H35N3O2. The molecule has 166 valence electrons. The van der Waals surface area contributed by atoms with Crippen LogP contribution in [0.2, 0.25) is 0 Å². The summed E-state index contributed by atoms with van der Waals surface area (Å²) in [5, 5.41) is 2.86. The molecule has 5 nitrogen and oxygen atoms in total. The number of aromatic nitrogens is 2. The van der Waals surface area contributed by atoms with Crippen molar-refractivity contribution in [2.75, 3.05) is 13.2 Å². The number of fused-ring (bicyclic) bond motifs is 1. The van der Waals surface area contributed by atoms with Gasteiger partial charge in [-0.05, 0) is 48.9 Å². The molecular weight excluding hydrogens is 386 g/mol. The number of carbonyl (C=O) groups is 1. The first kappa shape index (κ1) is 22.9. The smallest absolute Gasteiger partial charge is 0.216 e. The van der Waals surface area contributed by atoms with Gasteiger partial charge in [0.05, 0.1) is 17.6 Å². The van der Waals surface area contributed by atoms with Crippen molar-refractivity contribution in [3.8, 4) is 5.75 Å². The van der Waals surface area contributed by atoms with Gasteiger partial charge in [-0.3, -0.25) is 4.79 Å². The molecule has 0 spiro atoms. The predicted molar refractivity (Wildman–Crippen MR) is 127 cm³/mol. The molecule has 3 rings (SSSR count). The van der Waals surface area contributed by atoms with E-state index in [1.165, 1.54) is 11.1 Å². The number of aryl methyl sites for hydroxylation is 2. The standard InChI is InChI=1S/C26H35N3O2/c1-20(2)22-12-6-9-15-25(22)31-19-11-18-29-24-14-8-7-13-23(24)28-26(29)16-5-4-10-17-27-21(3)30/h6-9,12-15,20H,4-5,10-11,16-19H2,1-3H3,(H,27,30). The zero-order valence-corrected chi connectivity index (χ0v) is 19.1. The Balaban J connectivity index is 1.56. The van der Waals surface area contributed by atoms with Crippen LogP contribution in [0.5, 0.6) is 5.75 Å². The van der Waals surface area contributed by atoms with Crippen molar-refractivity contribution < 1.29 is 9.53 Å². The second-order valence-corrected chi connectivity index (χ2v) is 8.36. The van der Waals surface area contributed by atoms with E-state index in [1.54, 1.807) is 6.92 Å². The molecule has 0 aliphatic carbocycles. The van der Waals surface area contributed by atoms with Gasteiger partial charge in [0.1, 0.15) is 11.6 Å². The highest BCUT2D eigenvalue weighted by Crippen LogP contribution is 2.26. The van der Waals surface area contributed by atoms with Gasteiger partial charge in [0.2, 0.25) is 5.91 Å². The van der Waals surface area contributed by atoms with Crippen LogP contribution in [0.25, 0.3) is 11.0 Å². The fraction of sp³-hybridized carbons (Fsp3) is 0.462. The highest BCUT2D eigenvalue weighted by Gasteiger charge is 2.11. The molecule has 3 aromatic rings. The molecule has 0 saturated heterocycles. The van der Waals surface area contributed by atoms with Crippen LogP contribution in [-0.4, -0.2) is 28.6 Å². The van der Waals surface area contributed by atoms with E-state index in [0.717, 1.165) is 62.3 Å². The van der Waals surface area contributed by atoms with Crippen LogP contribution in [0.1, 0.15) is 63.8 Å². The summed E-state index contributed by atoms with van der Waals surface area (Å²) in [7, 11) is 0. The Labute approximate surface area is 185 Å². The number of ether oxygens (including phenoxy) is 1. The fourth-order valence-electron chi connectivity index (χ4n) is 3.91. The van der Waals surface area contributed by atoms with Gasteiger partial charge in [-0.25, -0.2) is 4.98 Å². The molecule has 2 aromatic carbocycles. The molecule has 0 aliphatic rings. The summed E-state index contributed by atoms with van der Waals surface area (Å²) in [6.07, 6.45) is 5.04. The monoisotopic (exact) mass is 421 g/mol. The van der Waals surface area contributed by atoms with Gasteiger partial charge in [0.25, 0.3) is 0 Å². The van der Waals surface area contributed by atoms with Gasteiger partial charge in [-0.1, -0.05) is 50.6 Å². The van der Waals surface area contributed by atoms with Crippen LogP contribution < -0.4 is 10.1 Å². The van der Waals surface area contributed by atoms with E-state index in [1.807, 2.05) is 12.1 Å². The van der Waals surface area contributed by atoms with Crippen molar-refractivity contribution in [2.24, 2.45) is 0 Å². The van der Waals surface area contributed by atoms with E-state index in [9.17, 15) is 4.79 Å². The molecule has 5 heteroatoms. The minimum Gasteiger partial charge on any atom is -0.493 e. The number of hydrogen-bond acceptors (Lipinski definition) is 3. The Hall–Kier alpha value is -2.82. The molecule has 0 unspecified atom stereocenters. The van der Waals surface area contributed by atoms with E-state index in [-0.39, 0.29) is 5.91 Å². The molecule has 0 radical (unpaired) electrons. The SMILES string of the molecule is CC(=O)NCCCCCc1nc2ccccc2n1CCCOc1ccccc1C(C)C. The first-order valence-electron chi connectivity index (χ1n) is 11.5. The summed E-state index contributed by atoms with van der Waals surface area (Å²) in [4.78, 5) is 15.9. The number of nitrogens with zero attached hydrogens (tertiary/aromatic N) is 2. The lowest BCUT2D eigenvalue weighted by atomic mass is 10.0. The van der Waals surface area contributed by atoms with Gasteiger partial charge >= 0.3 is 0 Å². The number of benzene rings is 2. The highest BCUT2D eigenvalue weighted by atomic mass is 16.5. The molecule has 1 aromatic heterocycles. The maximum atomic E-state index is 11.0. The summed E-state index contributed by atoms with van der Waals surface area (Å²) in [6, 6.07) is 16.7. The number of carbonyl (C=O) groups excluding carboxylic acids is 1. The lowest BCUT2D eigenvalue weighted by Gasteiger charge is -2.14.